The van der Waals surface area contributed by atoms with Gasteiger partial charge in [-0.2, -0.15) is 0 Å². The van der Waals surface area contributed by atoms with Crippen molar-refractivity contribution in [3.8, 4) is 0 Å². The summed E-state index contributed by atoms with van der Waals surface area (Å²) < 4.78 is 22.7. The lowest BCUT2D eigenvalue weighted by atomic mass is 9.96. The predicted molar refractivity (Wildman–Crippen MR) is 81.6 cm³/mol. The maximum Gasteiger partial charge on any atom is 0.220 e. The Balaban J connectivity index is 1.81. The molecule has 0 saturated carbocycles. The lowest BCUT2D eigenvalue weighted by Crippen LogP contribution is -2.34. The molecule has 2 N–H and O–H groups in total. The summed E-state index contributed by atoms with van der Waals surface area (Å²) in [4.78, 5) is 12.2. The lowest BCUT2D eigenvalue weighted by Gasteiger charge is -2.22. The maximum absolute atomic E-state index is 11.9. The Kier molecular flexibility index (Phi) is 5.36. The Hall–Kier alpha value is -1.40. The number of hydrogen-bond acceptors (Lipinski definition) is 4. The molecule has 0 radical (unpaired) electrons. The van der Waals surface area contributed by atoms with Gasteiger partial charge in [0, 0.05) is 19.2 Å². The highest BCUT2D eigenvalue weighted by atomic mass is 32.2. The van der Waals surface area contributed by atoms with Gasteiger partial charge in [0.1, 0.15) is 0 Å². The quantitative estimate of drug-likeness (QED) is 0.854. The molecule has 1 aliphatic rings. The molecular weight excluding hydrogens is 288 g/mol. The molecule has 1 aromatic rings. The number of piperidine rings is 1. The molecule has 2 rings (SSSR count). The second kappa shape index (κ2) is 7.04. The van der Waals surface area contributed by atoms with E-state index in [-0.39, 0.29) is 5.91 Å². The van der Waals surface area contributed by atoms with Gasteiger partial charge in [-0.3, -0.25) is 4.79 Å². The molecule has 1 heterocycles. The van der Waals surface area contributed by atoms with E-state index in [2.05, 4.69) is 10.6 Å². The van der Waals surface area contributed by atoms with E-state index in [9.17, 15) is 13.2 Å². The molecule has 5 nitrogen and oxygen atoms in total. The number of amides is 1. The maximum atomic E-state index is 11.9. The van der Waals surface area contributed by atoms with Crippen LogP contribution >= 0.6 is 0 Å². The van der Waals surface area contributed by atoms with Crippen molar-refractivity contribution < 1.29 is 13.2 Å². The summed E-state index contributed by atoms with van der Waals surface area (Å²) in [7, 11) is -3.16. The van der Waals surface area contributed by atoms with E-state index in [4.69, 9.17) is 0 Å². The van der Waals surface area contributed by atoms with Gasteiger partial charge in [0.05, 0.1) is 4.90 Å². The molecule has 1 amide bonds. The third kappa shape index (κ3) is 5.13. The van der Waals surface area contributed by atoms with E-state index < -0.39 is 9.84 Å². The Morgan fingerprint density at radius 3 is 2.62 bits per heavy atom. The summed E-state index contributed by atoms with van der Waals surface area (Å²) in [5.41, 5.74) is 0.900. The molecule has 0 aliphatic carbocycles. The van der Waals surface area contributed by atoms with E-state index in [1.165, 1.54) is 6.26 Å². The molecule has 1 atom stereocenters. The Morgan fingerprint density at radius 2 is 2.05 bits per heavy atom. The summed E-state index contributed by atoms with van der Waals surface area (Å²) in [5.74, 6) is 0.474. The fourth-order valence-corrected chi connectivity index (χ4v) is 3.12. The number of hydrogen-bond donors (Lipinski definition) is 2. The molecule has 116 valence electrons. The van der Waals surface area contributed by atoms with Gasteiger partial charge in [0.15, 0.2) is 9.84 Å². The number of rotatable bonds is 5. The van der Waals surface area contributed by atoms with Crippen molar-refractivity contribution in [2.24, 2.45) is 5.92 Å². The molecule has 1 aromatic carbocycles. The third-order valence-corrected chi connectivity index (χ3v) is 4.84. The lowest BCUT2D eigenvalue weighted by molar-refractivity contribution is -0.122. The molecule has 1 saturated heterocycles. The molecule has 0 aromatic heterocycles. The van der Waals surface area contributed by atoms with Gasteiger partial charge >= 0.3 is 0 Å². The van der Waals surface area contributed by atoms with Gasteiger partial charge in [0.2, 0.25) is 5.91 Å². The van der Waals surface area contributed by atoms with Gasteiger partial charge in [-0.25, -0.2) is 8.42 Å². The van der Waals surface area contributed by atoms with Crippen LogP contribution in [0.25, 0.3) is 0 Å². The highest BCUT2D eigenvalue weighted by Crippen LogP contribution is 2.14. The fraction of sp³-hybridized carbons (Fsp3) is 0.533. The van der Waals surface area contributed by atoms with Crippen molar-refractivity contribution in [3.05, 3.63) is 29.8 Å². The molecule has 1 aliphatic heterocycles. The Labute approximate surface area is 126 Å². The van der Waals surface area contributed by atoms with Crippen LogP contribution < -0.4 is 10.6 Å². The van der Waals surface area contributed by atoms with E-state index in [1.807, 2.05) is 0 Å². The van der Waals surface area contributed by atoms with Crippen LogP contribution in [0.2, 0.25) is 0 Å². The van der Waals surface area contributed by atoms with E-state index in [0.717, 1.165) is 31.5 Å². The number of benzene rings is 1. The van der Waals surface area contributed by atoms with E-state index >= 15 is 0 Å². The summed E-state index contributed by atoms with van der Waals surface area (Å²) in [6.07, 6.45) is 3.96. The third-order valence-electron chi connectivity index (χ3n) is 3.71. The van der Waals surface area contributed by atoms with Crippen LogP contribution in [0.5, 0.6) is 0 Å². The average molecular weight is 310 g/mol. The zero-order valence-electron chi connectivity index (χ0n) is 12.3. The van der Waals surface area contributed by atoms with Crippen LogP contribution in [0.15, 0.2) is 29.2 Å². The monoisotopic (exact) mass is 310 g/mol. The average Bonchev–Trinajstić information content (AvgIpc) is 2.46. The zero-order chi connectivity index (χ0) is 15.3. The van der Waals surface area contributed by atoms with Crippen LogP contribution in [0.4, 0.5) is 0 Å². The van der Waals surface area contributed by atoms with Gasteiger partial charge in [0.25, 0.3) is 0 Å². The largest absolute Gasteiger partial charge is 0.352 e. The summed E-state index contributed by atoms with van der Waals surface area (Å²) in [6, 6.07) is 6.61. The molecule has 6 heteroatoms. The molecule has 21 heavy (non-hydrogen) atoms. The second-order valence-corrected chi connectivity index (χ2v) is 7.63. The minimum Gasteiger partial charge on any atom is -0.352 e. The Morgan fingerprint density at radius 1 is 1.33 bits per heavy atom. The van der Waals surface area contributed by atoms with Crippen molar-refractivity contribution in [3.63, 3.8) is 0 Å². The van der Waals surface area contributed by atoms with Crippen LogP contribution in [-0.2, 0) is 21.2 Å². The van der Waals surface area contributed by atoms with E-state index in [1.54, 1.807) is 24.3 Å². The molecule has 1 fully saturated rings. The van der Waals surface area contributed by atoms with Crippen LogP contribution in [0.1, 0.15) is 24.8 Å². The first kappa shape index (κ1) is 16.0. The van der Waals surface area contributed by atoms with Crippen LogP contribution in [0.3, 0.4) is 0 Å². The normalized spacial score (nSPS) is 19.2. The van der Waals surface area contributed by atoms with Crippen molar-refractivity contribution >= 4 is 15.7 Å². The number of sulfone groups is 1. The topological polar surface area (TPSA) is 75.3 Å². The number of nitrogens with one attached hydrogen (secondary N) is 2. The zero-order valence-corrected chi connectivity index (χ0v) is 13.1. The first-order chi connectivity index (χ1) is 9.95. The van der Waals surface area contributed by atoms with Crippen LogP contribution in [0, 0.1) is 5.92 Å². The minimum absolute atomic E-state index is 0.0517. The smallest absolute Gasteiger partial charge is 0.220 e. The molecule has 1 unspecified atom stereocenters. The predicted octanol–water partition coefficient (Wildman–Crippen LogP) is 1.10. The van der Waals surface area contributed by atoms with Crippen molar-refractivity contribution in [1.29, 1.82) is 0 Å². The summed E-state index contributed by atoms with van der Waals surface area (Å²) in [6.45, 7) is 2.39. The first-order valence-corrected chi connectivity index (χ1v) is 9.11. The minimum atomic E-state index is -3.16. The van der Waals surface area contributed by atoms with Crippen LogP contribution in [-0.4, -0.2) is 33.7 Å². The van der Waals surface area contributed by atoms with Crippen molar-refractivity contribution in [1.82, 2.24) is 10.6 Å². The van der Waals surface area contributed by atoms with Gasteiger partial charge < -0.3 is 10.6 Å². The Bertz CT molecular complexity index is 575. The highest BCUT2D eigenvalue weighted by molar-refractivity contribution is 7.90. The molecule has 0 bridgehead atoms. The number of carbonyl (C=O) groups excluding carboxylic acids is 1. The summed E-state index contributed by atoms with van der Waals surface area (Å²) >= 11 is 0. The first-order valence-electron chi connectivity index (χ1n) is 7.21. The van der Waals surface area contributed by atoms with E-state index in [0.29, 0.717) is 23.8 Å². The standard InChI is InChI=1S/C15H22N2O3S/c1-21(19,20)14-6-4-12(5-7-14)11-17-15(18)9-13-3-2-8-16-10-13/h4-7,13,16H,2-3,8-11H2,1H3,(H,17,18). The van der Waals surface area contributed by atoms with Gasteiger partial charge in [-0.05, 0) is 49.5 Å². The van der Waals surface area contributed by atoms with Gasteiger partial charge in [-0.1, -0.05) is 12.1 Å². The summed E-state index contributed by atoms with van der Waals surface area (Å²) in [5, 5.41) is 6.19. The molecule has 0 spiro atoms. The van der Waals surface area contributed by atoms with Crippen molar-refractivity contribution in [2.45, 2.75) is 30.7 Å². The van der Waals surface area contributed by atoms with Gasteiger partial charge in [-0.15, -0.1) is 0 Å². The highest BCUT2D eigenvalue weighted by Gasteiger charge is 2.16. The molecular formula is C15H22N2O3S. The SMILES string of the molecule is CS(=O)(=O)c1ccc(CNC(=O)CC2CCCNC2)cc1. The fourth-order valence-electron chi connectivity index (χ4n) is 2.49. The van der Waals surface area contributed by atoms with Crippen molar-refractivity contribution in [2.75, 3.05) is 19.3 Å². The number of carbonyl (C=O) groups is 1. The second-order valence-electron chi connectivity index (χ2n) is 5.61.